The van der Waals surface area contributed by atoms with Crippen LogP contribution in [0.3, 0.4) is 0 Å². The van der Waals surface area contributed by atoms with Gasteiger partial charge in [-0.3, -0.25) is 25.2 Å². The van der Waals surface area contributed by atoms with Crippen molar-refractivity contribution in [2.45, 2.75) is 13.3 Å². The Bertz CT molecular complexity index is 1530. The number of aryl methyl sites for hydroxylation is 1. The van der Waals surface area contributed by atoms with Gasteiger partial charge >= 0.3 is 5.97 Å². The summed E-state index contributed by atoms with van der Waals surface area (Å²) in [6.07, 6.45) is 2.93. The van der Waals surface area contributed by atoms with Gasteiger partial charge in [0, 0.05) is 22.9 Å². The van der Waals surface area contributed by atoms with Crippen molar-refractivity contribution in [1.82, 2.24) is 10.9 Å². The SMILES string of the molecule is Cc1ccc(C(=O)Oc2ccccc2/C=C/C(=O)NNC(=O)c2ccc(NC(=O)Cc3ccccc3)cc2)cc1. The molecule has 4 rings (SSSR count). The number of hydrogen-bond donors (Lipinski definition) is 3. The first-order valence-corrected chi connectivity index (χ1v) is 12.5. The molecule has 0 saturated heterocycles. The molecule has 8 heteroatoms. The molecule has 0 fully saturated rings. The van der Waals surface area contributed by atoms with E-state index in [1.54, 1.807) is 48.5 Å². The maximum atomic E-state index is 12.5. The molecule has 3 amide bonds. The van der Waals surface area contributed by atoms with E-state index in [1.165, 1.54) is 24.3 Å². The van der Waals surface area contributed by atoms with Crippen LogP contribution in [0.25, 0.3) is 6.08 Å². The minimum absolute atomic E-state index is 0.172. The van der Waals surface area contributed by atoms with E-state index in [0.717, 1.165) is 11.1 Å². The van der Waals surface area contributed by atoms with Crippen molar-refractivity contribution in [3.8, 4) is 5.75 Å². The molecule has 40 heavy (non-hydrogen) atoms. The number of hydrogen-bond acceptors (Lipinski definition) is 5. The van der Waals surface area contributed by atoms with Gasteiger partial charge in [-0.1, -0.05) is 66.2 Å². The second-order valence-electron chi connectivity index (χ2n) is 8.86. The van der Waals surface area contributed by atoms with E-state index in [2.05, 4.69) is 16.2 Å². The average Bonchev–Trinajstić information content (AvgIpc) is 2.96. The van der Waals surface area contributed by atoms with E-state index >= 15 is 0 Å². The molecule has 0 unspecified atom stereocenters. The van der Waals surface area contributed by atoms with Gasteiger partial charge in [0.25, 0.3) is 11.8 Å². The zero-order valence-electron chi connectivity index (χ0n) is 21.7. The highest BCUT2D eigenvalue weighted by Gasteiger charge is 2.11. The zero-order chi connectivity index (χ0) is 28.3. The van der Waals surface area contributed by atoms with E-state index in [4.69, 9.17) is 4.74 Å². The maximum Gasteiger partial charge on any atom is 0.343 e. The van der Waals surface area contributed by atoms with Crippen molar-refractivity contribution < 1.29 is 23.9 Å². The Morgan fingerprint density at radius 1 is 0.725 bits per heavy atom. The van der Waals surface area contributed by atoms with Crippen LogP contribution in [0.2, 0.25) is 0 Å². The number of esters is 1. The summed E-state index contributed by atoms with van der Waals surface area (Å²) in [5.41, 5.74) is 8.33. The first-order valence-electron chi connectivity index (χ1n) is 12.5. The third-order valence-corrected chi connectivity index (χ3v) is 5.76. The fraction of sp³-hybridized carbons (Fsp3) is 0.0625. The number of amides is 3. The van der Waals surface area contributed by atoms with Crippen LogP contribution in [0.5, 0.6) is 5.75 Å². The number of carbonyl (C=O) groups is 4. The summed E-state index contributed by atoms with van der Waals surface area (Å²) in [4.78, 5) is 49.4. The average molecular weight is 534 g/mol. The predicted molar refractivity (Wildman–Crippen MR) is 152 cm³/mol. The van der Waals surface area contributed by atoms with Crippen LogP contribution in [-0.4, -0.2) is 23.7 Å². The second kappa shape index (κ2) is 13.3. The number of hydrazine groups is 1. The van der Waals surface area contributed by atoms with Crippen LogP contribution in [-0.2, 0) is 16.0 Å². The summed E-state index contributed by atoms with van der Waals surface area (Å²) in [5.74, 6) is -1.51. The third kappa shape index (κ3) is 8.00. The Kier molecular flexibility index (Phi) is 9.18. The van der Waals surface area contributed by atoms with Crippen LogP contribution < -0.4 is 20.9 Å². The molecule has 0 aliphatic rings. The number of benzene rings is 4. The Balaban J connectivity index is 1.27. The predicted octanol–water partition coefficient (Wildman–Crippen LogP) is 4.87. The Hall–Kier alpha value is -5.50. The standard InChI is InChI=1S/C32H27N3O5/c1-22-11-13-26(14-12-22)32(39)40-28-10-6-5-9-24(28)17-20-29(36)34-35-31(38)25-15-18-27(19-16-25)33-30(37)21-23-7-3-2-4-8-23/h2-20H,21H2,1H3,(H,33,37)(H,34,36)(H,35,38)/b20-17+. The van der Waals surface area contributed by atoms with Crippen molar-refractivity contribution in [3.05, 3.63) is 137 Å². The largest absolute Gasteiger partial charge is 0.422 e. The molecular weight excluding hydrogens is 506 g/mol. The molecule has 4 aromatic carbocycles. The third-order valence-electron chi connectivity index (χ3n) is 5.76. The van der Waals surface area contributed by atoms with Crippen molar-refractivity contribution >= 4 is 35.5 Å². The lowest BCUT2D eigenvalue weighted by molar-refractivity contribution is -0.117. The van der Waals surface area contributed by atoms with E-state index in [1.807, 2.05) is 49.4 Å². The van der Waals surface area contributed by atoms with Gasteiger partial charge in [-0.2, -0.15) is 0 Å². The number of nitrogens with one attached hydrogen (secondary N) is 3. The van der Waals surface area contributed by atoms with Crippen molar-refractivity contribution in [1.29, 1.82) is 0 Å². The molecule has 0 bridgehead atoms. The van der Waals surface area contributed by atoms with Crippen molar-refractivity contribution in [2.24, 2.45) is 0 Å². The maximum absolute atomic E-state index is 12.5. The van der Waals surface area contributed by atoms with Crippen LogP contribution in [0, 0.1) is 6.92 Å². The summed E-state index contributed by atoms with van der Waals surface area (Å²) < 4.78 is 5.51. The van der Waals surface area contributed by atoms with Gasteiger partial charge in [0.2, 0.25) is 5.91 Å². The molecule has 0 saturated carbocycles. The number of ether oxygens (including phenoxy) is 1. The first kappa shape index (κ1) is 27.5. The molecule has 0 heterocycles. The van der Waals surface area contributed by atoms with E-state index in [0.29, 0.717) is 22.4 Å². The normalized spacial score (nSPS) is 10.5. The van der Waals surface area contributed by atoms with Crippen molar-refractivity contribution in [2.75, 3.05) is 5.32 Å². The van der Waals surface area contributed by atoms with Crippen LogP contribution in [0.15, 0.2) is 109 Å². The molecule has 0 aromatic heterocycles. The van der Waals surface area contributed by atoms with Crippen molar-refractivity contribution in [3.63, 3.8) is 0 Å². The monoisotopic (exact) mass is 533 g/mol. The molecule has 0 radical (unpaired) electrons. The highest BCUT2D eigenvalue weighted by molar-refractivity contribution is 5.99. The molecule has 200 valence electrons. The number of anilines is 1. The molecule has 4 aromatic rings. The second-order valence-corrected chi connectivity index (χ2v) is 8.86. The Labute approximate surface area is 231 Å². The fourth-order valence-corrected chi connectivity index (χ4v) is 3.65. The quantitative estimate of drug-likeness (QED) is 0.129. The molecule has 8 nitrogen and oxygen atoms in total. The number of rotatable bonds is 8. The smallest absolute Gasteiger partial charge is 0.343 e. The fourth-order valence-electron chi connectivity index (χ4n) is 3.65. The lowest BCUT2D eigenvalue weighted by atomic mass is 10.1. The number of carbonyl (C=O) groups excluding carboxylic acids is 4. The number of para-hydroxylation sites is 1. The van der Waals surface area contributed by atoms with E-state index < -0.39 is 17.8 Å². The molecule has 3 N–H and O–H groups in total. The lowest BCUT2D eigenvalue weighted by Crippen LogP contribution is -2.40. The summed E-state index contributed by atoms with van der Waals surface area (Å²) in [7, 11) is 0. The van der Waals surface area contributed by atoms with E-state index in [-0.39, 0.29) is 18.1 Å². The van der Waals surface area contributed by atoms with Gasteiger partial charge in [0.05, 0.1) is 12.0 Å². The van der Waals surface area contributed by atoms with Gasteiger partial charge in [-0.05, 0) is 61.0 Å². The van der Waals surface area contributed by atoms with Crippen LogP contribution in [0.4, 0.5) is 5.69 Å². The van der Waals surface area contributed by atoms with Gasteiger partial charge in [-0.15, -0.1) is 0 Å². The molecule has 0 atom stereocenters. The lowest BCUT2D eigenvalue weighted by Gasteiger charge is -2.09. The topological polar surface area (TPSA) is 114 Å². The van der Waals surface area contributed by atoms with Crippen LogP contribution in [0.1, 0.15) is 37.4 Å². The van der Waals surface area contributed by atoms with Gasteiger partial charge < -0.3 is 10.1 Å². The van der Waals surface area contributed by atoms with Crippen LogP contribution >= 0.6 is 0 Å². The Morgan fingerprint density at radius 3 is 2.10 bits per heavy atom. The molecule has 0 aliphatic heterocycles. The van der Waals surface area contributed by atoms with Gasteiger partial charge in [0.15, 0.2) is 0 Å². The Morgan fingerprint density at radius 2 is 1.38 bits per heavy atom. The minimum Gasteiger partial charge on any atom is -0.422 e. The first-order chi connectivity index (χ1) is 19.4. The molecule has 0 spiro atoms. The zero-order valence-corrected chi connectivity index (χ0v) is 21.7. The summed E-state index contributed by atoms with van der Waals surface area (Å²) in [5, 5.41) is 2.79. The summed E-state index contributed by atoms with van der Waals surface area (Å²) in [6.45, 7) is 1.92. The molecule has 0 aliphatic carbocycles. The van der Waals surface area contributed by atoms with Gasteiger partial charge in [0.1, 0.15) is 5.75 Å². The molecular formula is C32H27N3O5. The summed E-state index contributed by atoms with van der Waals surface area (Å²) >= 11 is 0. The van der Waals surface area contributed by atoms with E-state index in [9.17, 15) is 19.2 Å². The highest BCUT2D eigenvalue weighted by Crippen LogP contribution is 2.21. The minimum atomic E-state index is -0.585. The highest BCUT2D eigenvalue weighted by atomic mass is 16.5. The van der Waals surface area contributed by atoms with Gasteiger partial charge in [-0.25, -0.2) is 4.79 Å². The summed E-state index contributed by atoms with van der Waals surface area (Å²) in [6, 6.07) is 29.4.